The number of aryl methyl sites for hydroxylation is 1. The van der Waals surface area contributed by atoms with Gasteiger partial charge in [-0.2, -0.15) is 0 Å². The van der Waals surface area contributed by atoms with Crippen molar-refractivity contribution in [1.29, 1.82) is 0 Å². The molecular formula is C17H28N2O. The van der Waals surface area contributed by atoms with Crippen LogP contribution in [-0.2, 0) is 4.79 Å². The maximum atomic E-state index is 12.0. The average molecular weight is 276 g/mol. The van der Waals surface area contributed by atoms with Crippen LogP contribution in [-0.4, -0.2) is 18.5 Å². The summed E-state index contributed by atoms with van der Waals surface area (Å²) in [6, 6.07) is 8.36. The molecular weight excluding hydrogens is 248 g/mol. The van der Waals surface area contributed by atoms with E-state index in [4.69, 9.17) is 0 Å². The van der Waals surface area contributed by atoms with E-state index in [0.29, 0.717) is 5.92 Å². The molecule has 0 saturated carbocycles. The standard InChI is InChI=1S/C17H28N2O/c1-12(2)9-10-18-17(20)15(5)19-14(4)16-8-6-7-13(3)11-16/h6-8,11-12,14-15,19H,9-10H2,1-5H3,(H,18,20)/t14-,15?/m0/s1. The van der Waals surface area contributed by atoms with E-state index in [2.05, 4.69) is 62.6 Å². The summed E-state index contributed by atoms with van der Waals surface area (Å²) in [7, 11) is 0. The summed E-state index contributed by atoms with van der Waals surface area (Å²) < 4.78 is 0. The number of hydrogen-bond acceptors (Lipinski definition) is 2. The largest absolute Gasteiger partial charge is 0.355 e. The van der Waals surface area contributed by atoms with Gasteiger partial charge in [0.15, 0.2) is 0 Å². The quantitative estimate of drug-likeness (QED) is 0.803. The molecule has 3 heteroatoms. The first-order valence-corrected chi connectivity index (χ1v) is 7.50. The zero-order valence-corrected chi connectivity index (χ0v) is 13.4. The molecule has 0 heterocycles. The second-order valence-electron chi connectivity index (χ2n) is 6.00. The second-order valence-corrected chi connectivity index (χ2v) is 6.00. The Bertz CT molecular complexity index is 429. The molecule has 2 N–H and O–H groups in total. The van der Waals surface area contributed by atoms with Crippen LogP contribution in [0.3, 0.4) is 0 Å². The molecule has 0 aliphatic heterocycles. The minimum Gasteiger partial charge on any atom is -0.355 e. The number of benzene rings is 1. The summed E-state index contributed by atoms with van der Waals surface area (Å²) in [4.78, 5) is 12.0. The van der Waals surface area contributed by atoms with Gasteiger partial charge >= 0.3 is 0 Å². The van der Waals surface area contributed by atoms with Crippen molar-refractivity contribution in [3.63, 3.8) is 0 Å². The molecule has 0 aromatic heterocycles. The summed E-state index contributed by atoms with van der Waals surface area (Å²) in [6.45, 7) is 11.2. The molecule has 0 fully saturated rings. The molecule has 0 radical (unpaired) electrons. The Hall–Kier alpha value is -1.35. The zero-order chi connectivity index (χ0) is 15.1. The molecule has 3 nitrogen and oxygen atoms in total. The van der Waals surface area contributed by atoms with Crippen LogP contribution in [0.4, 0.5) is 0 Å². The lowest BCUT2D eigenvalue weighted by atomic mass is 10.0. The highest BCUT2D eigenvalue weighted by Crippen LogP contribution is 2.14. The molecule has 0 aliphatic rings. The van der Waals surface area contributed by atoms with Crippen LogP contribution < -0.4 is 10.6 Å². The Balaban J connectivity index is 2.44. The summed E-state index contributed by atoms with van der Waals surface area (Å²) in [5.74, 6) is 0.690. The van der Waals surface area contributed by atoms with Crippen LogP contribution in [0.5, 0.6) is 0 Å². The highest BCUT2D eigenvalue weighted by molar-refractivity contribution is 5.81. The van der Waals surface area contributed by atoms with Crippen LogP contribution >= 0.6 is 0 Å². The first kappa shape index (κ1) is 16.7. The van der Waals surface area contributed by atoms with Gasteiger partial charge in [0.1, 0.15) is 0 Å². The minimum atomic E-state index is -0.183. The van der Waals surface area contributed by atoms with Gasteiger partial charge in [-0.15, -0.1) is 0 Å². The van der Waals surface area contributed by atoms with E-state index in [1.807, 2.05) is 6.92 Å². The number of nitrogens with one attached hydrogen (secondary N) is 2. The van der Waals surface area contributed by atoms with E-state index in [0.717, 1.165) is 13.0 Å². The molecule has 112 valence electrons. The third-order valence-corrected chi connectivity index (χ3v) is 3.46. The smallest absolute Gasteiger partial charge is 0.236 e. The fourth-order valence-corrected chi connectivity index (χ4v) is 2.12. The summed E-state index contributed by atoms with van der Waals surface area (Å²) in [6.07, 6.45) is 1.02. The van der Waals surface area contributed by atoms with E-state index in [-0.39, 0.29) is 18.0 Å². The number of rotatable bonds is 7. The van der Waals surface area contributed by atoms with Crippen LogP contribution in [0.15, 0.2) is 24.3 Å². The van der Waals surface area contributed by atoms with Crippen molar-refractivity contribution < 1.29 is 4.79 Å². The highest BCUT2D eigenvalue weighted by atomic mass is 16.2. The lowest BCUT2D eigenvalue weighted by molar-refractivity contribution is -0.122. The monoisotopic (exact) mass is 276 g/mol. The number of carbonyl (C=O) groups is 1. The number of amides is 1. The van der Waals surface area contributed by atoms with Crippen molar-refractivity contribution in [1.82, 2.24) is 10.6 Å². The first-order valence-electron chi connectivity index (χ1n) is 7.50. The SMILES string of the molecule is Cc1cccc([C@H](C)NC(C)C(=O)NCCC(C)C)c1. The summed E-state index contributed by atoms with van der Waals surface area (Å²) in [5.41, 5.74) is 2.46. The first-order chi connectivity index (χ1) is 9.40. The van der Waals surface area contributed by atoms with Crippen molar-refractivity contribution >= 4 is 5.91 Å². The molecule has 1 rings (SSSR count). The predicted molar refractivity (Wildman–Crippen MR) is 84.7 cm³/mol. The Morgan fingerprint density at radius 1 is 1.20 bits per heavy atom. The molecule has 1 unspecified atom stereocenters. The van der Waals surface area contributed by atoms with E-state index in [9.17, 15) is 4.79 Å². The predicted octanol–water partition coefficient (Wildman–Crippen LogP) is 3.20. The Morgan fingerprint density at radius 2 is 1.90 bits per heavy atom. The van der Waals surface area contributed by atoms with Crippen molar-refractivity contribution in [2.24, 2.45) is 5.92 Å². The van der Waals surface area contributed by atoms with E-state index in [1.54, 1.807) is 0 Å². The fraction of sp³-hybridized carbons (Fsp3) is 0.588. The van der Waals surface area contributed by atoms with Crippen molar-refractivity contribution in [3.05, 3.63) is 35.4 Å². The zero-order valence-electron chi connectivity index (χ0n) is 13.4. The molecule has 1 aromatic rings. The fourth-order valence-electron chi connectivity index (χ4n) is 2.12. The molecule has 1 amide bonds. The minimum absolute atomic E-state index is 0.0742. The van der Waals surface area contributed by atoms with Gasteiger partial charge in [-0.25, -0.2) is 0 Å². The van der Waals surface area contributed by atoms with Gasteiger partial charge in [0, 0.05) is 12.6 Å². The van der Waals surface area contributed by atoms with Gasteiger partial charge in [0.2, 0.25) is 5.91 Å². The van der Waals surface area contributed by atoms with E-state index < -0.39 is 0 Å². The third-order valence-electron chi connectivity index (χ3n) is 3.46. The van der Waals surface area contributed by atoms with E-state index >= 15 is 0 Å². The molecule has 0 bridgehead atoms. The summed E-state index contributed by atoms with van der Waals surface area (Å²) in [5, 5.41) is 6.33. The van der Waals surface area contributed by atoms with Gasteiger partial charge in [0.25, 0.3) is 0 Å². The molecule has 2 atom stereocenters. The van der Waals surface area contributed by atoms with Crippen molar-refractivity contribution in [2.45, 2.75) is 53.1 Å². The second kappa shape index (κ2) is 8.05. The normalized spacial score (nSPS) is 14.1. The van der Waals surface area contributed by atoms with Crippen LogP contribution in [0.2, 0.25) is 0 Å². The van der Waals surface area contributed by atoms with Crippen molar-refractivity contribution in [3.8, 4) is 0 Å². The highest BCUT2D eigenvalue weighted by Gasteiger charge is 2.15. The van der Waals surface area contributed by atoms with Crippen LogP contribution in [0.25, 0.3) is 0 Å². The maximum Gasteiger partial charge on any atom is 0.236 e. The lowest BCUT2D eigenvalue weighted by Crippen LogP contribution is -2.43. The van der Waals surface area contributed by atoms with Crippen LogP contribution in [0.1, 0.15) is 51.3 Å². The molecule has 0 spiro atoms. The Labute approximate surface area is 123 Å². The Kier molecular flexibility index (Phi) is 6.73. The molecule has 20 heavy (non-hydrogen) atoms. The molecule has 1 aromatic carbocycles. The average Bonchev–Trinajstić information content (AvgIpc) is 2.38. The van der Waals surface area contributed by atoms with Gasteiger partial charge in [-0.1, -0.05) is 43.7 Å². The van der Waals surface area contributed by atoms with Gasteiger partial charge in [-0.3, -0.25) is 10.1 Å². The molecule has 0 aliphatic carbocycles. The number of carbonyl (C=O) groups excluding carboxylic acids is 1. The van der Waals surface area contributed by atoms with Gasteiger partial charge < -0.3 is 5.32 Å². The maximum absolute atomic E-state index is 12.0. The van der Waals surface area contributed by atoms with Gasteiger partial charge in [-0.05, 0) is 38.7 Å². The third kappa shape index (κ3) is 5.74. The van der Waals surface area contributed by atoms with Crippen LogP contribution in [0, 0.1) is 12.8 Å². The topological polar surface area (TPSA) is 41.1 Å². The lowest BCUT2D eigenvalue weighted by Gasteiger charge is -2.20. The van der Waals surface area contributed by atoms with E-state index in [1.165, 1.54) is 11.1 Å². The van der Waals surface area contributed by atoms with Gasteiger partial charge in [0.05, 0.1) is 6.04 Å². The molecule has 0 saturated heterocycles. The summed E-state index contributed by atoms with van der Waals surface area (Å²) >= 11 is 0. The number of hydrogen-bond donors (Lipinski definition) is 2. The Morgan fingerprint density at radius 3 is 2.50 bits per heavy atom. The van der Waals surface area contributed by atoms with Crippen molar-refractivity contribution in [2.75, 3.05) is 6.54 Å².